The minimum Gasteiger partial charge on any atom is -0.390 e. The Balaban J connectivity index is 1.83. The van der Waals surface area contributed by atoms with Gasteiger partial charge >= 0.3 is 0 Å². The average Bonchev–Trinajstić information content (AvgIpc) is 2.62. The molecule has 1 saturated carbocycles. The molecule has 1 heterocycles. The van der Waals surface area contributed by atoms with Gasteiger partial charge in [-0.15, -0.1) is 0 Å². The Morgan fingerprint density at radius 1 is 1.25 bits per heavy atom. The SMILES string of the molecule is OC1(C[C@@H]2CCCN2)CCCC1. The molecule has 2 rings (SSSR count). The molecule has 1 aliphatic heterocycles. The van der Waals surface area contributed by atoms with Crippen molar-refractivity contribution >= 4 is 0 Å². The zero-order valence-electron chi connectivity index (χ0n) is 7.68. The van der Waals surface area contributed by atoms with Crippen LogP contribution in [0, 0.1) is 0 Å². The first-order valence-corrected chi connectivity index (χ1v) is 5.24. The molecule has 1 atom stereocenters. The molecule has 0 aromatic rings. The molecule has 2 nitrogen and oxygen atoms in total. The molecule has 0 aromatic heterocycles. The van der Waals surface area contributed by atoms with Gasteiger partial charge in [0.2, 0.25) is 0 Å². The fourth-order valence-electron chi connectivity index (χ4n) is 2.63. The molecule has 0 unspecified atom stereocenters. The van der Waals surface area contributed by atoms with E-state index in [1.54, 1.807) is 0 Å². The lowest BCUT2D eigenvalue weighted by atomic mass is 9.92. The highest BCUT2D eigenvalue weighted by Crippen LogP contribution is 2.34. The van der Waals surface area contributed by atoms with Crippen molar-refractivity contribution in [3.8, 4) is 0 Å². The standard InChI is InChI=1S/C10H19NO/c12-10(5-1-2-6-10)8-9-4-3-7-11-9/h9,11-12H,1-8H2/t9-/m0/s1. The van der Waals surface area contributed by atoms with Crippen molar-refractivity contribution in [2.45, 2.75) is 56.6 Å². The van der Waals surface area contributed by atoms with Crippen molar-refractivity contribution in [1.29, 1.82) is 0 Å². The van der Waals surface area contributed by atoms with E-state index in [9.17, 15) is 5.11 Å². The Hall–Kier alpha value is -0.0800. The van der Waals surface area contributed by atoms with Crippen LogP contribution < -0.4 is 5.32 Å². The van der Waals surface area contributed by atoms with Gasteiger partial charge in [0.1, 0.15) is 0 Å². The van der Waals surface area contributed by atoms with Gasteiger partial charge in [-0.3, -0.25) is 0 Å². The molecule has 12 heavy (non-hydrogen) atoms. The Morgan fingerprint density at radius 3 is 2.58 bits per heavy atom. The second kappa shape index (κ2) is 3.35. The molecule has 2 heteroatoms. The van der Waals surface area contributed by atoms with E-state index in [-0.39, 0.29) is 5.60 Å². The fourth-order valence-corrected chi connectivity index (χ4v) is 2.63. The Labute approximate surface area is 74.4 Å². The van der Waals surface area contributed by atoms with Crippen LogP contribution in [0.5, 0.6) is 0 Å². The van der Waals surface area contributed by atoms with Gasteiger partial charge in [0.15, 0.2) is 0 Å². The molecule has 0 radical (unpaired) electrons. The van der Waals surface area contributed by atoms with E-state index >= 15 is 0 Å². The highest BCUT2D eigenvalue weighted by atomic mass is 16.3. The van der Waals surface area contributed by atoms with E-state index in [0.717, 1.165) is 25.8 Å². The average molecular weight is 169 g/mol. The molecule has 2 fully saturated rings. The second-order valence-electron chi connectivity index (χ2n) is 4.43. The van der Waals surface area contributed by atoms with Crippen LogP contribution in [0.2, 0.25) is 0 Å². The Morgan fingerprint density at radius 2 is 2.00 bits per heavy atom. The van der Waals surface area contributed by atoms with Crippen molar-refractivity contribution in [3.05, 3.63) is 0 Å². The Kier molecular flexibility index (Phi) is 2.37. The van der Waals surface area contributed by atoms with E-state index in [1.165, 1.54) is 25.7 Å². The van der Waals surface area contributed by atoms with Crippen LogP contribution in [0.4, 0.5) is 0 Å². The highest BCUT2D eigenvalue weighted by molar-refractivity contribution is 4.90. The number of nitrogens with one attached hydrogen (secondary N) is 1. The molecule has 1 aliphatic carbocycles. The summed E-state index contributed by atoms with van der Waals surface area (Å²) in [6, 6.07) is 0.605. The normalized spacial score (nSPS) is 34.2. The lowest BCUT2D eigenvalue weighted by Gasteiger charge is -2.25. The first-order chi connectivity index (χ1) is 5.79. The van der Waals surface area contributed by atoms with Crippen LogP contribution in [-0.2, 0) is 0 Å². The van der Waals surface area contributed by atoms with Crippen LogP contribution in [0.1, 0.15) is 44.9 Å². The first-order valence-electron chi connectivity index (χ1n) is 5.24. The molecule has 0 amide bonds. The number of hydrogen-bond acceptors (Lipinski definition) is 2. The molecule has 0 aromatic carbocycles. The van der Waals surface area contributed by atoms with Crippen LogP contribution in [0.25, 0.3) is 0 Å². The maximum absolute atomic E-state index is 10.1. The molecular weight excluding hydrogens is 150 g/mol. The van der Waals surface area contributed by atoms with Crippen LogP contribution in [-0.4, -0.2) is 23.3 Å². The quantitative estimate of drug-likeness (QED) is 0.655. The predicted molar refractivity (Wildman–Crippen MR) is 49.1 cm³/mol. The molecule has 2 aliphatic rings. The van der Waals surface area contributed by atoms with Gasteiger partial charge in [0.25, 0.3) is 0 Å². The number of rotatable bonds is 2. The van der Waals surface area contributed by atoms with Gasteiger partial charge in [0.05, 0.1) is 5.60 Å². The maximum atomic E-state index is 10.1. The highest BCUT2D eigenvalue weighted by Gasteiger charge is 2.34. The van der Waals surface area contributed by atoms with Gasteiger partial charge in [-0.05, 0) is 38.6 Å². The zero-order chi connectivity index (χ0) is 8.44. The van der Waals surface area contributed by atoms with Gasteiger partial charge < -0.3 is 10.4 Å². The van der Waals surface area contributed by atoms with E-state index in [0.29, 0.717) is 6.04 Å². The largest absolute Gasteiger partial charge is 0.390 e. The summed E-state index contributed by atoms with van der Waals surface area (Å²) in [6.45, 7) is 1.15. The predicted octanol–water partition coefficient (Wildman–Crippen LogP) is 1.43. The number of hydrogen-bond donors (Lipinski definition) is 2. The summed E-state index contributed by atoms with van der Waals surface area (Å²) in [5.41, 5.74) is -0.304. The summed E-state index contributed by atoms with van der Waals surface area (Å²) in [7, 11) is 0. The lowest BCUT2D eigenvalue weighted by molar-refractivity contribution is 0.0302. The molecule has 0 bridgehead atoms. The first kappa shape index (κ1) is 8.52. The second-order valence-corrected chi connectivity index (χ2v) is 4.43. The summed E-state index contributed by atoms with van der Waals surface area (Å²) in [4.78, 5) is 0. The number of aliphatic hydroxyl groups is 1. The topological polar surface area (TPSA) is 32.3 Å². The van der Waals surface area contributed by atoms with Crippen LogP contribution in [0.15, 0.2) is 0 Å². The monoisotopic (exact) mass is 169 g/mol. The lowest BCUT2D eigenvalue weighted by Crippen LogP contribution is -2.34. The molecule has 70 valence electrons. The van der Waals surface area contributed by atoms with E-state index in [4.69, 9.17) is 0 Å². The smallest absolute Gasteiger partial charge is 0.0662 e. The summed E-state index contributed by atoms with van der Waals surface area (Å²) in [6.07, 6.45) is 8.07. The summed E-state index contributed by atoms with van der Waals surface area (Å²) in [5.74, 6) is 0. The van der Waals surface area contributed by atoms with E-state index in [2.05, 4.69) is 5.32 Å². The molecular formula is C10H19NO. The van der Waals surface area contributed by atoms with Crippen molar-refractivity contribution in [2.75, 3.05) is 6.54 Å². The van der Waals surface area contributed by atoms with Gasteiger partial charge in [-0.2, -0.15) is 0 Å². The zero-order valence-corrected chi connectivity index (χ0v) is 7.68. The minimum atomic E-state index is -0.304. The van der Waals surface area contributed by atoms with Crippen molar-refractivity contribution in [2.24, 2.45) is 0 Å². The van der Waals surface area contributed by atoms with Crippen molar-refractivity contribution < 1.29 is 5.11 Å². The minimum absolute atomic E-state index is 0.304. The summed E-state index contributed by atoms with van der Waals surface area (Å²) < 4.78 is 0. The van der Waals surface area contributed by atoms with Crippen LogP contribution in [0.3, 0.4) is 0 Å². The van der Waals surface area contributed by atoms with Gasteiger partial charge in [0, 0.05) is 6.04 Å². The third-order valence-electron chi connectivity index (χ3n) is 3.32. The van der Waals surface area contributed by atoms with Crippen LogP contribution >= 0.6 is 0 Å². The third-order valence-corrected chi connectivity index (χ3v) is 3.32. The summed E-state index contributed by atoms with van der Waals surface area (Å²) >= 11 is 0. The third kappa shape index (κ3) is 1.80. The Bertz CT molecular complexity index is 146. The molecule has 0 spiro atoms. The maximum Gasteiger partial charge on any atom is 0.0662 e. The van der Waals surface area contributed by atoms with Gasteiger partial charge in [-0.1, -0.05) is 12.8 Å². The van der Waals surface area contributed by atoms with E-state index < -0.39 is 0 Å². The molecule has 1 saturated heterocycles. The van der Waals surface area contributed by atoms with Crippen molar-refractivity contribution in [3.63, 3.8) is 0 Å². The molecule has 2 N–H and O–H groups in total. The van der Waals surface area contributed by atoms with E-state index in [1.807, 2.05) is 0 Å². The van der Waals surface area contributed by atoms with Gasteiger partial charge in [-0.25, -0.2) is 0 Å². The fraction of sp³-hybridized carbons (Fsp3) is 1.00. The van der Waals surface area contributed by atoms with Crippen molar-refractivity contribution in [1.82, 2.24) is 5.32 Å². The summed E-state index contributed by atoms with van der Waals surface area (Å²) in [5, 5.41) is 13.6.